The van der Waals surface area contributed by atoms with Crippen molar-refractivity contribution >= 4 is 38.6 Å². The van der Waals surface area contributed by atoms with Gasteiger partial charge in [0.1, 0.15) is 6.04 Å². The molecule has 7 heteroatoms. The molecule has 3 N–H and O–H groups in total. The van der Waals surface area contributed by atoms with E-state index < -0.39 is 12.0 Å². The number of carbonyl (C=O) groups excluding carboxylic acids is 2. The zero-order chi connectivity index (χ0) is 14.0. The first-order valence-electron chi connectivity index (χ1n) is 5.56. The van der Waals surface area contributed by atoms with E-state index >= 15 is 0 Å². The van der Waals surface area contributed by atoms with Crippen LogP contribution in [-0.4, -0.2) is 30.0 Å². The van der Waals surface area contributed by atoms with Crippen molar-refractivity contribution in [1.29, 1.82) is 0 Å². The van der Waals surface area contributed by atoms with E-state index in [1.165, 1.54) is 18.4 Å². The Morgan fingerprint density at radius 3 is 2.89 bits per heavy atom. The number of benzene rings is 1. The Labute approximate surface area is 113 Å². The highest BCUT2D eigenvalue weighted by molar-refractivity contribution is 7.22. The summed E-state index contributed by atoms with van der Waals surface area (Å²) in [5, 5.41) is 3.01. The Bertz CT molecular complexity index is 638. The van der Waals surface area contributed by atoms with E-state index in [4.69, 9.17) is 5.73 Å². The maximum Gasteiger partial charge on any atom is 0.328 e. The van der Waals surface area contributed by atoms with Gasteiger partial charge in [-0.05, 0) is 25.1 Å². The van der Waals surface area contributed by atoms with Crippen LogP contribution in [-0.2, 0) is 9.53 Å². The normalized spacial score (nSPS) is 12.1. The summed E-state index contributed by atoms with van der Waals surface area (Å²) in [7, 11) is 1.27. The molecular weight excluding hydrogens is 266 g/mol. The van der Waals surface area contributed by atoms with E-state index in [0.717, 1.165) is 10.2 Å². The predicted octanol–water partition coefficient (Wildman–Crippen LogP) is 1.17. The van der Waals surface area contributed by atoms with Gasteiger partial charge >= 0.3 is 5.97 Å². The number of nitrogens with two attached hydrogens (primary N) is 1. The quantitative estimate of drug-likeness (QED) is 0.822. The molecule has 0 bridgehead atoms. The molecule has 2 aromatic rings. The molecule has 1 aromatic heterocycles. The molecule has 1 amide bonds. The van der Waals surface area contributed by atoms with Crippen LogP contribution in [0, 0.1) is 0 Å². The van der Waals surface area contributed by atoms with Gasteiger partial charge in [0, 0.05) is 5.56 Å². The molecule has 1 atom stereocenters. The molecule has 0 spiro atoms. The minimum atomic E-state index is -0.695. The lowest BCUT2D eigenvalue weighted by Crippen LogP contribution is -2.39. The summed E-state index contributed by atoms with van der Waals surface area (Å²) in [4.78, 5) is 27.3. The van der Waals surface area contributed by atoms with Gasteiger partial charge in [-0.2, -0.15) is 0 Å². The van der Waals surface area contributed by atoms with Crippen molar-refractivity contribution in [3.63, 3.8) is 0 Å². The Morgan fingerprint density at radius 1 is 1.47 bits per heavy atom. The number of ether oxygens (including phenoxy) is 1. The van der Waals surface area contributed by atoms with Crippen LogP contribution < -0.4 is 11.1 Å². The van der Waals surface area contributed by atoms with Crippen molar-refractivity contribution in [3.8, 4) is 0 Å². The number of nitrogens with zero attached hydrogens (tertiary/aromatic N) is 1. The van der Waals surface area contributed by atoms with Crippen LogP contribution in [0.25, 0.3) is 10.2 Å². The second kappa shape index (κ2) is 5.23. The maximum absolute atomic E-state index is 12.0. The van der Waals surface area contributed by atoms with Crippen molar-refractivity contribution in [2.45, 2.75) is 13.0 Å². The number of aromatic nitrogens is 1. The van der Waals surface area contributed by atoms with Crippen LogP contribution in [0.3, 0.4) is 0 Å². The van der Waals surface area contributed by atoms with Crippen LogP contribution in [0.5, 0.6) is 0 Å². The zero-order valence-corrected chi connectivity index (χ0v) is 11.3. The number of hydrogen-bond donors (Lipinski definition) is 2. The predicted molar refractivity (Wildman–Crippen MR) is 73.0 cm³/mol. The lowest BCUT2D eigenvalue weighted by atomic mass is 10.2. The number of carbonyl (C=O) groups is 2. The minimum Gasteiger partial charge on any atom is -0.467 e. The average molecular weight is 279 g/mol. The molecule has 2 rings (SSSR count). The van der Waals surface area contributed by atoms with Crippen molar-refractivity contribution in [3.05, 3.63) is 23.8 Å². The van der Waals surface area contributed by atoms with Gasteiger partial charge in [0.05, 0.1) is 17.3 Å². The van der Waals surface area contributed by atoms with E-state index in [9.17, 15) is 9.59 Å². The lowest BCUT2D eigenvalue weighted by Gasteiger charge is -2.11. The second-order valence-corrected chi connectivity index (χ2v) is 5.02. The number of nitrogen functional groups attached to an aromatic ring is 1. The highest BCUT2D eigenvalue weighted by Crippen LogP contribution is 2.24. The SMILES string of the molecule is COC(=O)C(C)NC(=O)c1ccc2nc(N)sc2c1. The van der Waals surface area contributed by atoms with E-state index in [1.54, 1.807) is 25.1 Å². The third-order valence-electron chi connectivity index (χ3n) is 2.57. The summed E-state index contributed by atoms with van der Waals surface area (Å²) in [5.74, 6) is -0.830. The molecule has 0 fully saturated rings. The molecule has 19 heavy (non-hydrogen) atoms. The first kappa shape index (κ1) is 13.3. The molecule has 0 aliphatic carbocycles. The monoisotopic (exact) mass is 279 g/mol. The number of thiazole rings is 1. The molecule has 0 aliphatic heterocycles. The van der Waals surface area contributed by atoms with Gasteiger partial charge in [0.15, 0.2) is 5.13 Å². The summed E-state index contributed by atoms with van der Waals surface area (Å²) in [6, 6.07) is 4.36. The smallest absolute Gasteiger partial charge is 0.328 e. The number of hydrogen-bond acceptors (Lipinski definition) is 6. The van der Waals surface area contributed by atoms with E-state index in [1.807, 2.05) is 0 Å². The van der Waals surface area contributed by atoms with Crippen molar-refractivity contribution in [2.75, 3.05) is 12.8 Å². The van der Waals surface area contributed by atoms with Gasteiger partial charge in [-0.25, -0.2) is 9.78 Å². The number of nitrogens with one attached hydrogen (secondary N) is 1. The Kier molecular flexibility index (Phi) is 3.66. The first-order valence-corrected chi connectivity index (χ1v) is 6.37. The van der Waals surface area contributed by atoms with Crippen molar-refractivity contribution in [2.24, 2.45) is 0 Å². The van der Waals surface area contributed by atoms with Crippen LogP contribution in [0.15, 0.2) is 18.2 Å². The molecule has 0 radical (unpaired) electrons. The maximum atomic E-state index is 12.0. The molecule has 1 unspecified atom stereocenters. The average Bonchev–Trinajstić information content (AvgIpc) is 2.76. The summed E-state index contributed by atoms with van der Waals surface area (Å²) < 4.78 is 5.37. The molecule has 0 saturated carbocycles. The van der Waals surface area contributed by atoms with Gasteiger partial charge in [0.2, 0.25) is 0 Å². The van der Waals surface area contributed by atoms with Crippen molar-refractivity contribution < 1.29 is 14.3 Å². The standard InChI is InChI=1S/C12H13N3O3S/c1-6(11(17)18-2)14-10(16)7-3-4-8-9(5-7)19-12(13)15-8/h3-6H,1-2H3,(H2,13,15)(H,14,16). The van der Waals surface area contributed by atoms with E-state index in [-0.39, 0.29) is 5.91 Å². The molecule has 1 aromatic carbocycles. The Hall–Kier alpha value is -2.15. The number of methoxy groups -OCH3 is 1. The van der Waals surface area contributed by atoms with Gasteiger partial charge in [-0.1, -0.05) is 11.3 Å². The fourth-order valence-corrected chi connectivity index (χ4v) is 2.37. The van der Waals surface area contributed by atoms with Crippen LogP contribution in [0.4, 0.5) is 5.13 Å². The van der Waals surface area contributed by atoms with Crippen LogP contribution >= 0.6 is 11.3 Å². The van der Waals surface area contributed by atoms with E-state index in [2.05, 4.69) is 15.0 Å². The number of amides is 1. The lowest BCUT2D eigenvalue weighted by molar-refractivity contribution is -0.142. The number of esters is 1. The van der Waals surface area contributed by atoms with Gasteiger partial charge in [0.25, 0.3) is 5.91 Å². The van der Waals surface area contributed by atoms with Gasteiger partial charge in [-0.3, -0.25) is 4.79 Å². The van der Waals surface area contributed by atoms with Crippen LogP contribution in [0.2, 0.25) is 0 Å². The molecular formula is C12H13N3O3S. The molecule has 0 aliphatic rings. The molecule has 1 heterocycles. The van der Waals surface area contributed by atoms with E-state index in [0.29, 0.717) is 10.7 Å². The third kappa shape index (κ3) is 2.82. The highest BCUT2D eigenvalue weighted by Gasteiger charge is 2.17. The summed E-state index contributed by atoms with van der Waals surface area (Å²) in [5.41, 5.74) is 6.80. The summed E-state index contributed by atoms with van der Waals surface area (Å²) in [6.07, 6.45) is 0. The Balaban J connectivity index is 2.19. The van der Waals surface area contributed by atoms with Crippen molar-refractivity contribution in [1.82, 2.24) is 10.3 Å². The molecule has 100 valence electrons. The summed E-state index contributed by atoms with van der Waals surface area (Å²) >= 11 is 1.31. The Morgan fingerprint density at radius 2 is 2.21 bits per heavy atom. The largest absolute Gasteiger partial charge is 0.467 e. The molecule has 6 nitrogen and oxygen atoms in total. The minimum absolute atomic E-state index is 0.341. The third-order valence-corrected chi connectivity index (χ3v) is 3.42. The van der Waals surface area contributed by atoms with Gasteiger partial charge in [-0.15, -0.1) is 0 Å². The highest BCUT2D eigenvalue weighted by atomic mass is 32.1. The first-order chi connectivity index (χ1) is 9.01. The number of fused-ring (bicyclic) bond motifs is 1. The topological polar surface area (TPSA) is 94.3 Å². The summed E-state index contributed by atoms with van der Waals surface area (Å²) in [6.45, 7) is 1.56. The number of rotatable bonds is 3. The van der Waals surface area contributed by atoms with Gasteiger partial charge < -0.3 is 15.8 Å². The fourth-order valence-electron chi connectivity index (χ4n) is 1.60. The van der Waals surface area contributed by atoms with Crippen LogP contribution in [0.1, 0.15) is 17.3 Å². The fraction of sp³-hybridized carbons (Fsp3) is 0.250. The molecule has 0 saturated heterocycles. The number of anilines is 1. The zero-order valence-electron chi connectivity index (χ0n) is 10.5. The second-order valence-electron chi connectivity index (χ2n) is 3.95.